The fourth-order valence-corrected chi connectivity index (χ4v) is 6.57. The van der Waals surface area contributed by atoms with Crippen LogP contribution in [-0.4, -0.2) is 89.4 Å². The molecule has 11 nitrogen and oxygen atoms in total. The first-order valence-corrected chi connectivity index (χ1v) is 13.9. The molecule has 1 N–H and O–H groups in total. The lowest BCUT2D eigenvalue weighted by Crippen LogP contribution is -2.56. The van der Waals surface area contributed by atoms with Gasteiger partial charge in [0.1, 0.15) is 17.6 Å². The Morgan fingerprint density at radius 3 is 2.46 bits per heavy atom. The topological polar surface area (TPSA) is 114 Å². The normalized spacial score (nSPS) is 21.6. The molecule has 3 aliphatic heterocycles. The summed E-state index contributed by atoms with van der Waals surface area (Å²) in [6, 6.07) is 8.17. The molecule has 0 saturated carbocycles. The summed E-state index contributed by atoms with van der Waals surface area (Å²) in [5.74, 6) is 1.74. The third-order valence-electron chi connectivity index (χ3n) is 7.19. The summed E-state index contributed by atoms with van der Waals surface area (Å²) in [4.78, 5) is 21.8. The maximum atomic E-state index is 13.2. The Hall–Kier alpha value is -2.93. The lowest BCUT2D eigenvalue weighted by Gasteiger charge is -2.44. The standard InChI is InChI=1S/C25H33N5O6S/c1-17-25(31)28(2)21-5-7-23(27-24(21)30(17)18-8-12-35-13-9-18)26-20-16-19(4-6-22(20)34-3)37(32,33)29-10-14-36-15-11-29/h4-7,16-18H,8-15H2,1-3H3,(H,26,27). The zero-order valence-electron chi connectivity index (χ0n) is 21.3. The second-order valence-electron chi connectivity index (χ2n) is 9.37. The number of anilines is 4. The van der Waals surface area contributed by atoms with Crippen molar-refractivity contribution < 1.29 is 27.4 Å². The van der Waals surface area contributed by atoms with Crippen LogP contribution in [0.1, 0.15) is 19.8 Å². The summed E-state index contributed by atoms with van der Waals surface area (Å²) in [6.07, 6.45) is 1.63. The average Bonchev–Trinajstić information content (AvgIpc) is 2.93. The van der Waals surface area contributed by atoms with Crippen LogP contribution in [0.4, 0.5) is 23.0 Å². The van der Waals surface area contributed by atoms with Gasteiger partial charge in [0.05, 0.1) is 36.6 Å². The summed E-state index contributed by atoms with van der Waals surface area (Å²) >= 11 is 0. The summed E-state index contributed by atoms with van der Waals surface area (Å²) in [5, 5.41) is 3.25. The van der Waals surface area contributed by atoms with Gasteiger partial charge in [0.15, 0.2) is 5.82 Å². The Morgan fingerprint density at radius 1 is 1.05 bits per heavy atom. The molecule has 1 atom stereocenters. The lowest BCUT2D eigenvalue weighted by atomic mass is 10.0. The maximum Gasteiger partial charge on any atom is 0.249 e. The molecule has 1 aromatic carbocycles. The zero-order chi connectivity index (χ0) is 26.2. The molecule has 5 rings (SSSR count). The van der Waals surface area contributed by atoms with Crippen LogP contribution in [0, 0.1) is 0 Å². The molecule has 37 heavy (non-hydrogen) atoms. The number of morpholine rings is 1. The Morgan fingerprint density at radius 2 is 1.76 bits per heavy atom. The molecule has 1 unspecified atom stereocenters. The minimum Gasteiger partial charge on any atom is -0.495 e. The summed E-state index contributed by atoms with van der Waals surface area (Å²) in [5.41, 5.74) is 1.21. The van der Waals surface area contributed by atoms with E-state index in [1.165, 1.54) is 11.4 Å². The molecular weight excluding hydrogens is 498 g/mol. The van der Waals surface area contributed by atoms with Crippen molar-refractivity contribution >= 4 is 38.9 Å². The number of hydrogen-bond donors (Lipinski definition) is 1. The highest BCUT2D eigenvalue weighted by molar-refractivity contribution is 7.89. The number of ether oxygens (including phenoxy) is 3. The highest BCUT2D eigenvalue weighted by Crippen LogP contribution is 2.39. The fraction of sp³-hybridized carbons (Fsp3) is 0.520. The molecule has 0 spiro atoms. The van der Waals surface area contributed by atoms with Crippen molar-refractivity contribution in [3.63, 3.8) is 0 Å². The van der Waals surface area contributed by atoms with Crippen molar-refractivity contribution in [1.82, 2.24) is 9.29 Å². The number of rotatable bonds is 6. The molecule has 12 heteroatoms. The van der Waals surface area contributed by atoms with Gasteiger partial charge in [-0.3, -0.25) is 4.79 Å². The SMILES string of the molecule is COc1ccc(S(=O)(=O)N2CCOCC2)cc1Nc1ccc2c(n1)N(C1CCOCC1)C(C)C(=O)N2C. The van der Waals surface area contributed by atoms with Crippen molar-refractivity contribution in [2.45, 2.75) is 36.7 Å². The van der Waals surface area contributed by atoms with E-state index >= 15 is 0 Å². The van der Waals surface area contributed by atoms with Crippen LogP contribution in [0.15, 0.2) is 35.2 Å². The van der Waals surface area contributed by atoms with Crippen LogP contribution >= 0.6 is 0 Å². The summed E-state index contributed by atoms with van der Waals surface area (Å²) in [7, 11) is -0.393. The van der Waals surface area contributed by atoms with Gasteiger partial charge in [0.25, 0.3) is 0 Å². The first-order valence-electron chi connectivity index (χ1n) is 12.5. The average molecular weight is 532 g/mol. The Bertz CT molecular complexity index is 1260. The van der Waals surface area contributed by atoms with E-state index in [9.17, 15) is 13.2 Å². The first kappa shape index (κ1) is 25.7. The fourth-order valence-electron chi connectivity index (χ4n) is 5.14. The smallest absolute Gasteiger partial charge is 0.249 e. The van der Waals surface area contributed by atoms with Crippen LogP contribution in [0.3, 0.4) is 0 Å². The van der Waals surface area contributed by atoms with E-state index in [2.05, 4.69) is 10.2 Å². The van der Waals surface area contributed by atoms with E-state index in [-0.39, 0.29) is 22.9 Å². The number of hydrogen-bond acceptors (Lipinski definition) is 9. The van der Waals surface area contributed by atoms with E-state index in [0.29, 0.717) is 62.6 Å². The van der Waals surface area contributed by atoms with Crippen LogP contribution in [0.5, 0.6) is 5.75 Å². The molecule has 0 radical (unpaired) electrons. The van der Waals surface area contributed by atoms with Crippen LogP contribution in [0.2, 0.25) is 0 Å². The Labute approximate surface area is 217 Å². The zero-order valence-corrected chi connectivity index (χ0v) is 22.2. The van der Waals surface area contributed by atoms with E-state index in [1.807, 2.05) is 13.0 Å². The number of nitrogens with zero attached hydrogens (tertiary/aromatic N) is 4. The molecule has 4 heterocycles. The second kappa shape index (κ2) is 10.4. The number of fused-ring (bicyclic) bond motifs is 1. The van der Waals surface area contributed by atoms with Gasteiger partial charge < -0.3 is 29.3 Å². The van der Waals surface area contributed by atoms with Crippen molar-refractivity contribution in [3.05, 3.63) is 30.3 Å². The number of sulfonamides is 1. The number of carbonyl (C=O) groups excluding carboxylic acids is 1. The molecule has 1 amide bonds. The van der Waals surface area contributed by atoms with Crippen molar-refractivity contribution in [2.75, 3.05) is 68.8 Å². The van der Waals surface area contributed by atoms with E-state index in [0.717, 1.165) is 18.5 Å². The summed E-state index contributed by atoms with van der Waals surface area (Å²) < 4.78 is 44.3. The number of benzene rings is 1. The van der Waals surface area contributed by atoms with Gasteiger partial charge >= 0.3 is 0 Å². The number of carbonyl (C=O) groups is 1. The molecule has 0 aliphatic carbocycles. The predicted octanol–water partition coefficient (Wildman–Crippen LogP) is 2.21. The van der Waals surface area contributed by atoms with Gasteiger partial charge in [-0.2, -0.15) is 4.31 Å². The van der Waals surface area contributed by atoms with Gasteiger partial charge in [-0.05, 0) is 50.1 Å². The third-order valence-corrected chi connectivity index (χ3v) is 9.09. The molecule has 2 fully saturated rings. The predicted molar refractivity (Wildman–Crippen MR) is 139 cm³/mol. The Kier molecular flexibility index (Phi) is 7.26. The van der Waals surface area contributed by atoms with Gasteiger partial charge in [-0.25, -0.2) is 13.4 Å². The number of pyridine rings is 1. The number of amides is 1. The molecule has 1 aromatic heterocycles. The summed E-state index contributed by atoms with van der Waals surface area (Å²) in [6.45, 7) is 4.57. The number of aromatic nitrogens is 1. The van der Waals surface area contributed by atoms with Crippen molar-refractivity contribution in [1.29, 1.82) is 0 Å². The molecule has 200 valence electrons. The molecule has 2 saturated heterocycles. The van der Waals surface area contributed by atoms with Crippen LogP contribution in [0.25, 0.3) is 0 Å². The van der Waals surface area contributed by atoms with E-state index < -0.39 is 10.0 Å². The van der Waals surface area contributed by atoms with E-state index in [4.69, 9.17) is 19.2 Å². The van der Waals surface area contributed by atoms with Crippen LogP contribution in [-0.2, 0) is 24.3 Å². The quantitative estimate of drug-likeness (QED) is 0.599. The maximum absolute atomic E-state index is 13.2. The van der Waals surface area contributed by atoms with Gasteiger partial charge in [0, 0.05) is 39.4 Å². The van der Waals surface area contributed by atoms with Gasteiger partial charge in [-0.1, -0.05) is 0 Å². The van der Waals surface area contributed by atoms with Gasteiger partial charge in [0.2, 0.25) is 15.9 Å². The van der Waals surface area contributed by atoms with Crippen molar-refractivity contribution in [3.8, 4) is 5.75 Å². The minimum absolute atomic E-state index is 0.0178. The molecule has 2 aromatic rings. The van der Waals surface area contributed by atoms with Gasteiger partial charge in [-0.15, -0.1) is 0 Å². The third kappa shape index (κ3) is 4.86. The monoisotopic (exact) mass is 531 g/mol. The largest absolute Gasteiger partial charge is 0.495 e. The number of likely N-dealkylation sites (N-methyl/N-ethyl adjacent to an activating group) is 1. The molecular formula is C25H33N5O6S. The Balaban J connectivity index is 1.49. The molecule has 3 aliphatic rings. The number of nitrogens with one attached hydrogen (secondary N) is 1. The van der Waals surface area contributed by atoms with Crippen molar-refractivity contribution in [2.24, 2.45) is 0 Å². The van der Waals surface area contributed by atoms with Crippen LogP contribution < -0.4 is 19.9 Å². The molecule has 0 bridgehead atoms. The second-order valence-corrected chi connectivity index (χ2v) is 11.3. The first-order chi connectivity index (χ1) is 17.8. The number of methoxy groups -OCH3 is 1. The highest BCUT2D eigenvalue weighted by Gasteiger charge is 2.39. The van der Waals surface area contributed by atoms with E-state index in [1.54, 1.807) is 36.2 Å². The minimum atomic E-state index is -3.69. The highest BCUT2D eigenvalue weighted by atomic mass is 32.2. The lowest BCUT2D eigenvalue weighted by molar-refractivity contribution is -0.119.